The summed E-state index contributed by atoms with van der Waals surface area (Å²) in [6.45, 7) is 1.05. The van der Waals surface area contributed by atoms with Gasteiger partial charge in [-0.1, -0.05) is 30.3 Å². The van der Waals surface area contributed by atoms with Crippen molar-refractivity contribution in [3.05, 3.63) is 65.7 Å². The van der Waals surface area contributed by atoms with Crippen molar-refractivity contribution in [3.63, 3.8) is 0 Å². The highest BCUT2D eigenvalue weighted by Gasteiger charge is 2.30. The molecule has 2 aromatic carbocycles. The zero-order chi connectivity index (χ0) is 17.6. The fourth-order valence-corrected chi connectivity index (χ4v) is 2.81. The van der Waals surface area contributed by atoms with Gasteiger partial charge in [0.05, 0.1) is 17.7 Å². The van der Waals surface area contributed by atoms with E-state index in [1.807, 2.05) is 36.4 Å². The number of nitriles is 1. The Bertz CT molecular complexity index is 796. The molecule has 1 atom stereocenters. The highest BCUT2D eigenvalue weighted by Crippen LogP contribution is 2.15. The number of likely N-dealkylation sites (tertiary alicyclic amines) is 1. The van der Waals surface area contributed by atoms with Gasteiger partial charge in [0.15, 0.2) is 0 Å². The van der Waals surface area contributed by atoms with Gasteiger partial charge < -0.3 is 15.5 Å². The van der Waals surface area contributed by atoms with Crippen LogP contribution in [0.5, 0.6) is 0 Å². The van der Waals surface area contributed by atoms with Crippen molar-refractivity contribution >= 4 is 17.6 Å². The Balaban J connectivity index is 1.52. The quantitative estimate of drug-likeness (QED) is 0.901. The van der Waals surface area contributed by atoms with E-state index in [0.717, 1.165) is 5.56 Å². The molecule has 25 heavy (non-hydrogen) atoms. The summed E-state index contributed by atoms with van der Waals surface area (Å²) in [6.07, 6.45) is 0.299. The highest BCUT2D eigenvalue weighted by molar-refractivity contribution is 5.90. The molecule has 1 unspecified atom stereocenters. The predicted molar refractivity (Wildman–Crippen MR) is 93.6 cm³/mol. The lowest BCUT2D eigenvalue weighted by molar-refractivity contribution is -0.128. The molecule has 6 nitrogen and oxygen atoms in total. The van der Waals surface area contributed by atoms with Gasteiger partial charge >= 0.3 is 6.03 Å². The molecule has 0 spiro atoms. The Kier molecular flexibility index (Phi) is 4.95. The first-order valence-electron chi connectivity index (χ1n) is 8.03. The van der Waals surface area contributed by atoms with Crippen LogP contribution < -0.4 is 10.6 Å². The Labute approximate surface area is 146 Å². The highest BCUT2D eigenvalue weighted by atomic mass is 16.2. The molecule has 6 heteroatoms. The van der Waals surface area contributed by atoms with E-state index in [4.69, 9.17) is 5.26 Å². The van der Waals surface area contributed by atoms with Crippen LogP contribution in [0.4, 0.5) is 10.5 Å². The van der Waals surface area contributed by atoms with Gasteiger partial charge in [-0.05, 0) is 29.8 Å². The van der Waals surface area contributed by atoms with E-state index in [0.29, 0.717) is 30.8 Å². The van der Waals surface area contributed by atoms with E-state index in [-0.39, 0.29) is 18.0 Å². The first kappa shape index (κ1) is 16.5. The van der Waals surface area contributed by atoms with Crippen molar-refractivity contribution in [2.24, 2.45) is 0 Å². The van der Waals surface area contributed by atoms with Crippen LogP contribution in [0.15, 0.2) is 54.6 Å². The van der Waals surface area contributed by atoms with Gasteiger partial charge in [0, 0.05) is 25.2 Å². The summed E-state index contributed by atoms with van der Waals surface area (Å²) in [7, 11) is 0. The summed E-state index contributed by atoms with van der Waals surface area (Å²) in [5, 5.41) is 14.3. The molecule has 1 aliphatic heterocycles. The lowest BCUT2D eigenvalue weighted by Gasteiger charge is -2.17. The topological polar surface area (TPSA) is 85.2 Å². The van der Waals surface area contributed by atoms with Gasteiger partial charge in [-0.15, -0.1) is 0 Å². The maximum Gasteiger partial charge on any atom is 0.319 e. The SMILES string of the molecule is N#Cc1ccc(NC(=O)NC2CC(=O)N(Cc3ccccc3)C2)cc1. The first-order chi connectivity index (χ1) is 12.1. The van der Waals surface area contributed by atoms with Gasteiger partial charge in [-0.3, -0.25) is 4.79 Å². The zero-order valence-corrected chi connectivity index (χ0v) is 13.6. The van der Waals surface area contributed by atoms with Crippen molar-refractivity contribution in [2.75, 3.05) is 11.9 Å². The molecule has 126 valence electrons. The molecular formula is C19H18N4O2. The van der Waals surface area contributed by atoms with E-state index < -0.39 is 0 Å². The molecule has 0 aliphatic carbocycles. The molecule has 3 rings (SSSR count). The summed E-state index contributed by atoms with van der Waals surface area (Å²) in [4.78, 5) is 26.0. The fraction of sp³-hybridized carbons (Fsp3) is 0.211. The van der Waals surface area contributed by atoms with Gasteiger partial charge in [-0.2, -0.15) is 5.26 Å². The fourth-order valence-electron chi connectivity index (χ4n) is 2.81. The number of rotatable bonds is 4. The van der Waals surface area contributed by atoms with Gasteiger partial charge in [-0.25, -0.2) is 4.79 Å². The first-order valence-corrected chi connectivity index (χ1v) is 8.03. The summed E-state index contributed by atoms with van der Waals surface area (Å²) in [5.41, 5.74) is 2.20. The largest absolute Gasteiger partial charge is 0.336 e. The third-order valence-electron chi connectivity index (χ3n) is 4.04. The average Bonchev–Trinajstić information content (AvgIpc) is 2.95. The molecule has 0 bridgehead atoms. The normalized spacial score (nSPS) is 16.4. The number of benzene rings is 2. The van der Waals surface area contributed by atoms with Crippen LogP contribution >= 0.6 is 0 Å². The van der Waals surface area contributed by atoms with E-state index >= 15 is 0 Å². The van der Waals surface area contributed by atoms with Crippen LogP contribution in [0.2, 0.25) is 0 Å². The Morgan fingerprint density at radius 2 is 1.88 bits per heavy atom. The number of nitrogens with zero attached hydrogens (tertiary/aromatic N) is 2. The minimum absolute atomic E-state index is 0.0347. The minimum atomic E-state index is -0.357. The second kappa shape index (κ2) is 7.49. The van der Waals surface area contributed by atoms with E-state index in [1.165, 1.54) is 0 Å². The molecule has 2 N–H and O–H groups in total. The number of carbonyl (C=O) groups excluding carboxylic acids is 2. The van der Waals surface area contributed by atoms with Crippen molar-refractivity contribution < 1.29 is 9.59 Å². The summed E-state index contributed by atoms with van der Waals surface area (Å²) in [5.74, 6) is 0.0347. The van der Waals surface area contributed by atoms with E-state index in [9.17, 15) is 9.59 Å². The number of hydrogen-bond acceptors (Lipinski definition) is 3. The van der Waals surface area contributed by atoms with Gasteiger partial charge in [0.2, 0.25) is 5.91 Å². The summed E-state index contributed by atoms with van der Waals surface area (Å²) >= 11 is 0. The Morgan fingerprint density at radius 1 is 1.16 bits per heavy atom. The van der Waals surface area contributed by atoms with Crippen LogP contribution in [0.3, 0.4) is 0 Å². The second-order valence-corrected chi connectivity index (χ2v) is 5.95. The second-order valence-electron chi connectivity index (χ2n) is 5.95. The third kappa shape index (κ3) is 4.36. The molecule has 3 amide bonds. The van der Waals surface area contributed by atoms with Crippen LogP contribution in [-0.2, 0) is 11.3 Å². The molecular weight excluding hydrogens is 316 g/mol. The van der Waals surface area contributed by atoms with Crippen molar-refractivity contribution in [3.8, 4) is 6.07 Å². The Hall–Kier alpha value is -3.33. The molecule has 1 fully saturated rings. The number of urea groups is 1. The van der Waals surface area contributed by atoms with Gasteiger partial charge in [0.25, 0.3) is 0 Å². The van der Waals surface area contributed by atoms with Gasteiger partial charge in [0.1, 0.15) is 0 Å². The van der Waals surface area contributed by atoms with Crippen LogP contribution in [-0.4, -0.2) is 29.4 Å². The third-order valence-corrected chi connectivity index (χ3v) is 4.04. The number of anilines is 1. The van der Waals surface area contributed by atoms with Crippen molar-refractivity contribution in [2.45, 2.75) is 19.0 Å². The number of amides is 3. The molecule has 0 radical (unpaired) electrons. The van der Waals surface area contributed by atoms with E-state index in [2.05, 4.69) is 10.6 Å². The maximum absolute atomic E-state index is 12.1. The van der Waals surface area contributed by atoms with Crippen LogP contribution in [0.1, 0.15) is 17.5 Å². The van der Waals surface area contributed by atoms with E-state index in [1.54, 1.807) is 29.2 Å². The minimum Gasteiger partial charge on any atom is -0.336 e. The number of hydrogen-bond donors (Lipinski definition) is 2. The van der Waals surface area contributed by atoms with Crippen LogP contribution in [0.25, 0.3) is 0 Å². The number of carbonyl (C=O) groups is 2. The smallest absolute Gasteiger partial charge is 0.319 e. The van der Waals surface area contributed by atoms with Crippen molar-refractivity contribution in [1.82, 2.24) is 10.2 Å². The zero-order valence-electron chi connectivity index (χ0n) is 13.6. The summed E-state index contributed by atoms with van der Waals surface area (Å²) < 4.78 is 0. The molecule has 0 aromatic heterocycles. The lowest BCUT2D eigenvalue weighted by atomic mass is 10.2. The molecule has 2 aromatic rings. The monoisotopic (exact) mass is 334 g/mol. The molecule has 1 saturated heterocycles. The lowest BCUT2D eigenvalue weighted by Crippen LogP contribution is -2.39. The molecule has 0 saturated carbocycles. The predicted octanol–water partition coefficient (Wildman–Crippen LogP) is 2.48. The standard InChI is InChI=1S/C19H18N4O2/c20-11-14-6-8-16(9-7-14)21-19(25)22-17-10-18(24)23(13-17)12-15-4-2-1-3-5-15/h1-9,17H,10,12-13H2,(H2,21,22,25). The molecule has 1 aliphatic rings. The summed E-state index contributed by atoms with van der Waals surface area (Å²) in [6, 6.07) is 17.8. The Morgan fingerprint density at radius 3 is 2.56 bits per heavy atom. The van der Waals surface area contributed by atoms with Crippen molar-refractivity contribution in [1.29, 1.82) is 5.26 Å². The van der Waals surface area contributed by atoms with Crippen LogP contribution in [0, 0.1) is 11.3 Å². The maximum atomic E-state index is 12.1. The number of nitrogens with one attached hydrogen (secondary N) is 2. The average molecular weight is 334 g/mol. The molecule has 1 heterocycles.